The molecule has 3 heterocycles. The zero-order chi connectivity index (χ0) is 30.2. The van der Waals surface area contributed by atoms with Crippen molar-refractivity contribution in [2.75, 3.05) is 18.4 Å². The highest BCUT2D eigenvalue weighted by atomic mass is 32.1. The number of nitrogens with one attached hydrogen (secondary N) is 2. The Morgan fingerprint density at radius 2 is 2.03 bits per heavy atom. The summed E-state index contributed by atoms with van der Waals surface area (Å²) in [5.74, 6) is -2.20. The van der Waals surface area contributed by atoms with Crippen LogP contribution in [0.25, 0.3) is 10.4 Å². The van der Waals surface area contributed by atoms with Crippen molar-refractivity contribution in [3.05, 3.63) is 28.5 Å². The van der Waals surface area contributed by atoms with Gasteiger partial charge < -0.3 is 20.6 Å². The van der Waals surface area contributed by atoms with Crippen LogP contribution in [0.4, 0.5) is 27.8 Å². The number of amides is 2. The first-order valence-corrected chi connectivity index (χ1v) is 12.7. The number of aromatic nitrogens is 2. The summed E-state index contributed by atoms with van der Waals surface area (Å²) in [6.45, 7) is 3.05. The van der Waals surface area contributed by atoms with Crippen molar-refractivity contribution in [2.45, 2.75) is 77.2 Å². The topological polar surface area (TPSA) is 107 Å². The van der Waals surface area contributed by atoms with Gasteiger partial charge in [0, 0.05) is 36.4 Å². The second-order valence-electron chi connectivity index (χ2n) is 9.43. The number of likely N-dealkylation sites (tertiary alicyclic amines) is 1. The van der Waals surface area contributed by atoms with Crippen molar-refractivity contribution in [2.24, 2.45) is 0 Å². The number of rotatable bonds is 9. The second-order valence-corrected chi connectivity index (χ2v) is 10.4. The van der Waals surface area contributed by atoms with Crippen LogP contribution in [0.15, 0.2) is 12.3 Å². The Kier molecular flexibility index (Phi) is 8.07. The van der Waals surface area contributed by atoms with Gasteiger partial charge in [0.1, 0.15) is 17.6 Å². The summed E-state index contributed by atoms with van der Waals surface area (Å²) < 4.78 is 84.0. The molecule has 2 aromatic rings. The lowest BCUT2D eigenvalue weighted by molar-refractivity contribution is -0.142. The number of alkyl halides is 5. The Bertz CT molecular complexity index is 1250. The van der Waals surface area contributed by atoms with Crippen LogP contribution in [0.5, 0.6) is 0 Å². The summed E-state index contributed by atoms with van der Waals surface area (Å²) in [7, 11) is 0. The molecule has 0 aliphatic carbocycles. The largest absolute Gasteiger partial charge is 0.408 e. The van der Waals surface area contributed by atoms with Crippen molar-refractivity contribution in [3.63, 3.8) is 0 Å². The van der Waals surface area contributed by atoms with Crippen molar-refractivity contribution in [1.82, 2.24) is 20.2 Å². The van der Waals surface area contributed by atoms with Crippen LogP contribution in [-0.4, -0.2) is 68.7 Å². The molecule has 1 aliphatic rings. The number of thiazole rings is 1. The molecule has 14 heteroatoms. The van der Waals surface area contributed by atoms with E-state index in [9.17, 15) is 36.6 Å². The molecule has 0 radical (unpaired) electrons. The number of nitrogens with zero attached hydrogens (tertiary/aromatic N) is 3. The Hall–Kier alpha value is -2.87. The molecule has 0 saturated carbocycles. The van der Waals surface area contributed by atoms with Gasteiger partial charge >= 0.3 is 6.18 Å². The standard InChI is InChI=1S/C24H30F5N5O3S/c1-5-15(24(27,28)29)32-16-9-13(19(25)26)14(10-30-16)18-17(22(36)34-8-6-7-12(34)2)33-21(38-18)20(35)31-11-23(3,4)37/h9-10,12,15,19,37H,5-8,11H2,1-4H3,(H,30,32)(H,31,35)/t12-,15-/m0/s1/i11D2. The Balaban J connectivity index is 2.12. The van der Waals surface area contributed by atoms with E-state index in [1.54, 1.807) is 6.92 Å². The molecule has 0 bridgehead atoms. The summed E-state index contributed by atoms with van der Waals surface area (Å²) in [4.78, 5) is 35.6. The number of pyridine rings is 1. The zero-order valence-electron chi connectivity index (χ0n) is 23.1. The molecule has 2 amide bonds. The van der Waals surface area contributed by atoms with E-state index in [4.69, 9.17) is 2.74 Å². The van der Waals surface area contributed by atoms with Crippen molar-refractivity contribution >= 4 is 29.0 Å². The lowest BCUT2D eigenvalue weighted by Gasteiger charge is -2.22. The molecular weight excluding hydrogens is 533 g/mol. The van der Waals surface area contributed by atoms with E-state index in [2.05, 4.69) is 15.3 Å². The average Bonchev–Trinajstić information content (AvgIpc) is 3.47. The van der Waals surface area contributed by atoms with Crippen LogP contribution in [0.2, 0.25) is 0 Å². The fraction of sp³-hybridized carbons (Fsp3) is 0.583. The van der Waals surface area contributed by atoms with Crippen LogP contribution in [0, 0.1) is 0 Å². The Morgan fingerprint density at radius 1 is 1.34 bits per heavy atom. The number of carbonyl (C=O) groups excluding carboxylic acids is 2. The summed E-state index contributed by atoms with van der Waals surface area (Å²) in [6, 6.07) is -1.47. The van der Waals surface area contributed by atoms with Gasteiger partial charge in [0.05, 0.1) is 13.2 Å². The molecule has 1 saturated heterocycles. The minimum Gasteiger partial charge on any atom is -0.389 e. The van der Waals surface area contributed by atoms with Gasteiger partial charge in [-0.15, -0.1) is 11.3 Å². The molecule has 210 valence electrons. The van der Waals surface area contributed by atoms with Crippen molar-refractivity contribution in [3.8, 4) is 10.4 Å². The molecular formula is C24H30F5N5O3S. The summed E-state index contributed by atoms with van der Waals surface area (Å²) >= 11 is 0.528. The molecule has 38 heavy (non-hydrogen) atoms. The fourth-order valence-corrected chi connectivity index (χ4v) is 4.88. The fourth-order valence-electron chi connectivity index (χ4n) is 3.89. The van der Waals surface area contributed by atoms with Gasteiger partial charge in [-0.2, -0.15) is 13.2 Å². The maximum atomic E-state index is 14.2. The quantitative estimate of drug-likeness (QED) is 0.369. The van der Waals surface area contributed by atoms with E-state index < -0.39 is 58.9 Å². The SMILES string of the molecule is [2H]C([2H])(NC(=O)c1nc(C(=O)N2CCC[C@@H]2C)c(-c2cnc(N[C@@H](CC)C(F)(F)F)cc2C(F)F)s1)C(C)(C)O. The molecule has 0 unspecified atom stereocenters. The first kappa shape index (κ1) is 26.7. The average molecular weight is 566 g/mol. The molecule has 1 aliphatic heterocycles. The second kappa shape index (κ2) is 11.5. The van der Waals surface area contributed by atoms with Crippen LogP contribution >= 0.6 is 11.3 Å². The number of hydrogen-bond donors (Lipinski definition) is 3. The van der Waals surface area contributed by atoms with Gasteiger partial charge in [0.15, 0.2) is 5.01 Å². The normalized spacial score (nSPS) is 18.3. The van der Waals surface area contributed by atoms with Crippen molar-refractivity contribution < 1.29 is 39.4 Å². The van der Waals surface area contributed by atoms with Gasteiger partial charge in [-0.3, -0.25) is 9.59 Å². The maximum Gasteiger partial charge on any atom is 0.408 e. The zero-order valence-corrected chi connectivity index (χ0v) is 21.9. The molecule has 2 aromatic heterocycles. The summed E-state index contributed by atoms with van der Waals surface area (Å²) in [5, 5.41) is 13.7. The molecule has 0 spiro atoms. The highest BCUT2D eigenvalue weighted by Crippen LogP contribution is 2.39. The van der Waals surface area contributed by atoms with E-state index in [0.29, 0.717) is 30.7 Å². The molecule has 2 atom stereocenters. The monoisotopic (exact) mass is 565 g/mol. The van der Waals surface area contributed by atoms with E-state index >= 15 is 0 Å². The first-order chi connectivity index (χ1) is 18.4. The van der Waals surface area contributed by atoms with Crippen LogP contribution < -0.4 is 10.6 Å². The van der Waals surface area contributed by atoms with Crippen LogP contribution in [0.1, 0.15) is 82.0 Å². The number of carbonyl (C=O) groups is 2. The van der Waals surface area contributed by atoms with Gasteiger partial charge in [-0.1, -0.05) is 6.92 Å². The summed E-state index contributed by atoms with van der Waals surface area (Å²) in [5.41, 5.74) is -3.40. The minimum absolute atomic E-state index is 0.171. The van der Waals surface area contributed by atoms with Crippen LogP contribution in [0.3, 0.4) is 0 Å². The predicted octanol–water partition coefficient (Wildman–Crippen LogP) is 5.02. The highest BCUT2D eigenvalue weighted by molar-refractivity contribution is 7.17. The summed E-state index contributed by atoms with van der Waals surface area (Å²) in [6.07, 6.45) is -5.96. The maximum absolute atomic E-state index is 14.2. The first-order valence-electron chi connectivity index (χ1n) is 12.9. The third-order valence-corrected chi connectivity index (χ3v) is 6.95. The van der Waals surface area contributed by atoms with Gasteiger partial charge in [0.25, 0.3) is 18.2 Å². The molecule has 0 aromatic carbocycles. The third-order valence-electron chi connectivity index (χ3n) is 5.86. The smallest absolute Gasteiger partial charge is 0.389 e. The number of halogens is 5. The molecule has 3 N–H and O–H groups in total. The Morgan fingerprint density at radius 3 is 2.55 bits per heavy atom. The van der Waals surface area contributed by atoms with E-state index in [1.165, 1.54) is 11.8 Å². The highest BCUT2D eigenvalue weighted by Gasteiger charge is 2.39. The van der Waals surface area contributed by atoms with Gasteiger partial charge in [-0.25, -0.2) is 18.7 Å². The lowest BCUT2D eigenvalue weighted by Crippen LogP contribution is -2.38. The Labute approximate surface area is 223 Å². The van der Waals surface area contributed by atoms with Gasteiger partial charge in [-0.05, 0) is 46.1 Å². The number of anilines is 1. The van der Waals surface area contributed by atoms with Crippen LogP contribution in [-0.2, 0) is 0 Å². The number of aliphatic hydroxyl groups is 1. The van der Waals surface area contributed by atoms with E-state index in [1.807, 2.05) is 5.32 Å². The van der Waals surface area contributed by atoms with Crippen molar-refractivity contribution in [1.29, 1.82) is 0 Å². The van der Waals surface area contributed by atoms with Gasteiger partial charge in [0.2, 0.25) is 0 Å². The van der Waals surface area contributed by atoms with E-state index in [-0.39, 0.29) is 28.6 Å². The third kappa shape index (κ3) is 6.95. The minimum atomic E-state index is -4.65. The molecule has 8 nitrogen and oxygen atoms in total. The molecule has 3 rings (SSSR count). The number of hydrogen-bond acceptors (Lipinski definition) is 7. The van der Waals surface area contributed by atoms with E-state index in [0.717, 1.165) is 26.1 Å². The molecule has 1 fully saturated rings. The predicted molar refractivity (Wildman–Crippen MR) is 132 cm³/mol. The lowest BCUT2D eigenvalue weighted by atomic mass is 10.1.